The molecule has 1 aromatic heterocycles. The first-order chi connectivity index (χ1) is 14.0. The lowest BCUT2D eigenvalue weighted by Gasteiger charge is -2.27. The first-order valence-electron chi connectivity index (χ1n) is 9.45. The number of aromatic hydroxyl groups is 1. The molecular formula is C22H25N4O3+. The number of hydrogen-bond acceptors (Lipinski definition) is 6. The number of nitrogen functional groups attached to an aromatic ring is 1. The van der Waals surface area contributed by atoms with E-state index in [-0.39, 0.29) is 11.7 Å². The number of anilines is 1. The lowest BCUT2D eigenvalue weighted by atomic mass is 9.83. The van der Waals surface area contributed by atoms with Crippen LogP contribution in [0.1, 0.15) is 22.6 Å². The van der Waals surface area contributed by atoms with Crippen molar-refractivity contribution in [2.45, 2.75) is 12.5 Å². The standard InChI is InChI=1S/C22H24N4O3/c1-25(2)10-11-26-13-24-22-20(21(26)23)19(14-4-7-16(28-3)8-5-14)17-9-6-15(27)12-18(17)29-22/h4-9,12-13,19,23,27H,10-11H2,1-3H3/p+1/t19-/m1/s1. The molecule has 150 valence electrons. The van der Waals surface area contributed by atoms with Gasteiger partial charge in [0.2, 0.25) is 12.1 Å². The normalized spacial score (nSPS) is 14.8. The summed E-state index contributed by atoms with van der Waals surface area (Å²) in [6, 6.07) is 13.0. The zero-order valence-electron chi connectivity index (χ0n) is 16.8. The van der Waals surface area contributed by atoms with Crippen molar-refractivity contribution in [2.24, 2.45) is 0 Å². The smallest absolute Gasteiger partial charge is 0.306 e. The second-order valence-electron chi connectivity index (χ2n) is 7.38. The molecule has 29 heavy (non-hydrogen) atoms. The average molecular weight is 393 g/mol. The van der Waals surface area contributed by atoms with Gasteiger partial charge in [-0.05, 0) is 37.9 Å². The third kappa shape index (κ3) is 3.56. The summed E-state index contributed by atoms with van der Waals surface area (Å²) in [5.74, 6) is 2.42. The fourth-order valence-corrected chi connectivity index (χ4v) is 3.61. The predicted octanol–water partition coefficient (Wildman–Crippen LogP) is 2.51. The molecule has 7 nitrogen and oxygen atoms in total. The number of nitrogens with zero attached hydrogens (tertiary/aromatic N) is 3. The van der Waals surface area contributed by atoms with Crippen molar-refractivity contribution in [1.82, 2.24) is 9.88 Å². The highest BCUT2D eigenvalue weighted by atomic mass is 16.5. The summed E-state index contributed by atoms with van der Waals surface area (Å²) in [7, 11) is 5.69. The van der Waals surface area contributed by atoms with Crippen molar-refractivity contribution in [3.63, 3.8) is 0 Å². The van der Waals surface area contributed by atoms with Gasteiger partial charge in [0.25, 0.3) is 0 Å². The number of fused-ring (bicyclic) bond motifs is 2. The van der Waals surface area contributed by atoms with Crippen LogP contribution < -0.4 is 19.8 Å². The predicted molar refractivity (Wildman–Crippen MR) is 110 cm³/mol. The van der Waals surface area contributed by atoms with Crippen molar-refractivity contribution < 1.29 is 19.1 Å². The van der Waals surface area contributed by atoms with Crippen molar-refractivity contribution in [3.8, 4) is 23.1 Å². The van der Waals surface area contributed by atoms with Gasteiger partial charge in [0.05, 0.1) is 19.6 Å². The summed E-state index contributed by atoms with van der Waals surface area (Å²) in [5, 5.41) is 9.93. The number of hydrogen-bond donors (Lipinski definition) is 2. The minimum absolute atomic E-state index is 0.144. The number of ether oxygens (including phenoxy) is 2. The van der Waals surface area contributed by atoms with Crippen molar-refractivity contribution >= 4 is 5.82 Å². The number of aromatic nitrogens is 2. The van der Waals surface area contributed by atoms with Crippen LogP contribution in [-0.2, 0) is 6.54 Å². The Morgan fingerprint density at radius 3 is 2.66 bits per heavy atom. The monoisotopic (exact) mass is 393 g/mol. The van der Waals surface area contributed by atoms with E-state index in [1.54, 1.807) is 25.6 Å². The van der Waals surface area contributed by atoms with Gasteiger partial charge in [0.15, 0.2) is 0 Å². The highest BCUT2D eigenvalue weighted by molar-refractivity contribution is 5.62. The fourth-order valence-electron chi connectivity index (χ4n) is 3.61. The number of phenolic OH excluding ortho intramolecular Hbond substituents is 1. The highest BCUT2D eigenvalue weighted by Gasteiger charge is 2.36. The van der Waals surface area contributed by atoms with E-state index in [9.17, 15) is 5.11 Å². The van der Waals surface area contributed by atoms with Gasteiger partial charge in [-0.2, -0.15) is 0 Å². The van der Waals surface area contributed by atoms with Gasteiger partial charge in [-0.25, -0.2) is 4.57 Å². The number of phenols is 1. The third-order valence-electron chi connectivity index (χ3n) is 5.17. The van der Waals surface area contributed by atoms with Crippen LogP contribution in [0.25, 0.3) is 0 Å². The minimum Gasteiger partial charge on any atom is -0.508 e. The Labute approximate surface area is 169 Å². The Hall–Kier alpha value is -3.32. The van der Waals surface area contributed by atoms with Crippen molar-refractivity contribution in [2.75, 3.05) is 33.5 Å². The van der Waals surface area contributed by atoms with Crippen LogP contribution in [0.5, 0.6) is 23.1 Å². The minimum atomic E-state index is -0.167. The molecule has 0 saturated heterocycles. The maximum atomic E-state index is 9.93. The molecule has 0 fully saturated rings. The molecule has 4 rings (SSSR count). The van der Waals surface area contributed by atoms with Crippen molar-refractivity contribution in [3.05, 3.63) is 65.5 Å². The van der Waals surface area contributed by atoms with Gasteiger partial charge in [-0.15, -0.1) is 0 Å². The summed E-state index contributed by atoms with van der Waals surface area (Å²) >= 11 is 0. The Bertz CT molecular complexity index is 1030. The Morgan fingerprint density at radius 1 is 1.21 bits per heavy atom. The van der Waals surface area contributed by atoms with E-state index in [2.05, 4.69) is 9.88 Å². The van der Waals surface area contributed by atoms with Crippen LogP contribution in [0.15, 0.2) is 48.8 Å². The van der Waals surface area contributed by atoms with Crippen molar-refractivity contribution in [1.29, 1.82) is 0 Å². The molecule has 0 amide bonds. The fraction of sp³-hybridized carbons (Fsp3) is 0.273. The van der Waals surface area contributed by atoms with Crippen LogP contribution in [0, 0.1) is 0 Å². The van der Waals surface area contributed by atoms with Crippen LogP contribution >= 0.6 is 0 Å². The molecule has 3 N–H and O–H groups in total. The van der Waals surface area contributed by atoms with Crippen LogP contribution in [0.3, 0.4) is 0 Å². The summed E-state index contributed by atoms with van der Waals surface area (Å²) < 4.78 is 13.3. The Morgan fingerprint density at radius 2 is 1.97 bits per heavy atom. The van der Waals surface area contributed by atoms with Crippen LogP contribution in [-0.4, -0.2) is 42.7 Å². The SMILES string of the molecule is COc1ccc([C@@H]2c3ccc(O)cc3Oc3nc[n+](CCN(C)C)c(N)c32)cc1. The van der Waals surface area contributed by atoms with E-state index in [1.807, 2.05) is 49.0 Å². The van der Waals surface area contributed by atoms with Gasteiger partial charge in [-0.3, -0.25) is 0 Å². The summed E-state index contributed by atoms with van der Waals surface area (Å²) in [6.07, 6.45) is 1.70. The first kappa shape index (κ1) is 19.0. The first-order valence-corrected chi connectivity index (χ1v) is 9.45. The number of nitrogens with two attached hydrogens (primary N) is 1. The summed E-state index contributed by atoms with van der Waals surface area (Å²) in [5.41, 5.74) is 9.41. The molecule has 7 heteroatoms. The number of likely N-dealkylation sites (N-methyl/N-ethyl adjacent to an activating group) is 1. The Balaban J connectivity index is 1.87. The Kier molecular flexibility index (Phi) is 4.98. The molecule has 0 saturated carbocycles. The maximum absolute atomic E-state index is 9.93. The number of benzene rings is 2. The molecule has 0 spiro atoms. The number of rotatable bonds is 5. The van der Waals surface area contributed by atoms with E-state index in [1.165, 1.54) is 0 Å². The maximum Gasteiger partial charge on any atom is 0.306 e. The lowest BCUT2D eigenvalue weighted by Crippen LogP contribution is -2.43. The molecule has 2 aromatic carbocycles. The average Bonchev–Trinajstić information content (AvgIpc) is 2.71. The third-order valence-corrected chi connectivity index (χ3v) is 5.17. The topological polar surface area (TPSA) is 84.7 Å². The molecule has 0 aliphatic carbocycles. The molecule has 3 aromatic rings. The van der Waals surface area contributed by atoms with Gasteiger partial charge >= 0.3 is 5.88 Å². The van der Waals surface area contributed by atoms with E-state index in [0.717, 1.165) is 35.5 Å². The van der Waals surface area contributed by atoms with Crippen LogP contribution in [0.2, 0.25) is 0 Å². The molecule has 0 bridgehead atoms. The second-order valence-corrected chi connectivity index (χ2v) is 7.38. The molecule has 1 atom stereocenters. The lowest BCUT2D eigenvalue weighted by molar-refractivity contribution is -0.685. The summed E-state index contributed by atoms with van der Waals surface area (Å²) in [6.45, 7) is 1.56. The molecular weight excluding hydrogens is 368 g/mol. The summed E-state index contributed by atoms with van der Waals surface area (Å²) in [4.78, 5) is 6.63. The second kappa shape index (κ2) is 7.60. The molecule has 0 radical (unpaired) electrons. The number of methoxy groups -OCH3 is 1. The van der Waals surface area contributed by atoms with Gasteiger partial charge in [-0.1, -0.05) is 23.2 Å². The molecule has 1 aliphatic heterocycles. The van der Waals surface area contributed by atoms with Gasteiger partial charge < -0.3 is 25.2 Å². The highest BCUT2D eigenvalue weighted by Crippen LogP contribution is 2.48. The van der Waals surface area contributed by atoms with E-state index >= 15 is 0 Å². The molecule has 2 heterocycles. The van der Waals surface area contributed by atoms with Crippen LogP contribution in [0.4, 0.5) is 5.82 Å². The van der Waals surface area contributed by atoms with E-state index < -0.39 is 0 Å². The largest absolute Gasteiger partial charge is 0.508 e. The zero-order chi connectivity index (χ0) is 20.5. The molecule has 0 unspecified atom stereocenters. The molecule has 1 aliphatic rings. The van der Waals surface area contributed by atoms with E-state index in [0.29, 0.717) is 17.4 Å². The van der Waals surface area contributed by atoms with Gasteiger partial charge in [0, 0.05) is 18.2 Å². The van der Waals surface area contributed by atoms with E-state index in [4.69, 9.17) is 15.2 Å². The quantitative estimate of drug-likeness (QED) is 0.507. The van der Waals surface area contributed by atoms with Gasteiger partial charge in [0.1, 0.15) is 22.8 Å². The zero-order valence-corrected chi connectivity index (χ0v) is 16.8.